The van der Waals surface area contributed by atoms with Crippen LogP contribution in [0.25, 0.3) is 11.5 Å². The third-order valence-corrected chi connectivity index (χ3v) is 6.02. The van der Waals surface area contributed by atoms with E-state index in [0.717, 1.165) is 43.9 Å². The molecule has 1 fully saturated rings. The predicted molar refractivity (Wildman–Crippen MR) is 101 cm³/mol. The van der Waals surface area contributed by atoms with Crippen molar-refractivity contribution in [2.24, 2.45) is 7.05 Å². The summed E-state index contributed by atoms with van der Waals surface area (Å²) in [6, 6.07) is 6.64. The number of nitrogens with zero attached hydrogens (tertiary/aromatic N) is 6. The van der Waals surface area contributed by atoms with Crippen LogP contribution < -0.4 is 5.56 Å². The Balaban J connectivity index is 1.42. The highest BCUT2D eigenvalue weighted by Gasteiger charge is 2.47. The first kappa shape index (κ1) is 17.2. The molecule has 7 nitrogen and oxygen atoms in total. The Labute approximate surface area is 161 Å². The molecule has 5 rings (SSSR count). The van der Waals surface area contributed by atoms with E-state index in [-0.39, 0.29) is 16.8 Å². The molecule has 0 N–H and O–H groups in total. The van der Waals surface area contributed by atoms with E-state index < -0.39 is 0 Å². The highest BCUT2D eigenvalue weighted by atomic mass is 19.1. The van der Waals surface area contributed by atoms with Gasteiger partial charge in [-0.05, 0) is 37.1 Å². The number of imidazole rings is 1. The molecule has 8 heteroatoms. The van der Waals surface area contributed by atoms with Gasteiger partial charge < -0.3 is 4.57 Å². The highest BCUT2D eigenvalue weighted by molar-refractivity contribution is 5.47. The third-order valence-electron chi connectivity index (χ3n) is 6.02. The molecule has 0 radical (unpaired) electrons. The van der Waals surface area contributed by atoms with Crippen molar-refractivity contribution in [1.29, 1.82) is 0 Å². The molecule has 28 heavy (non-hydrogen) atoms. The standard InChI is InChI=1S/C20H21FN6O/c1-25-11-8-22-17(25)16-18(28)27-10-7-20(19(27)24-23-16)6-9-26(13-20)12-14-2-4-15(21)5-3-14/h2-5,8,11H,6-7,9-10,12-13H2,1H3/t20-/m1/s1. The molecule has 2 aliphatic heterocycles. The Morgan fingerprint density at radius 2 is 1.93 bits per heavy atom. The van der Waals surface area contributed by atoms with Gasteiger partial charge >= 0.3 is 0 Å². The lowest BCUT2D eigenvalue weighted by molar-refractivity contribution is 0.299. The van der Waals surface area contributed by atoms with Crippen molar-refractivity contribution in [3.63, 3.8) is 0 Å². The van der Waals surface area contributed by atoms with Gasteiger partial charge in [0, 0.05) is 44.5 Å². The molecule has 2 aromatic heterocycles. The van der Waals surface area contributed by atoms with Gasteiger partial charge in [-0.15, -0.1) is 10.2 Å². The van der Waals surface area contributed by atoms with Crippen molar-refractivity contribution in [2.75, 3.05) is 13.1 Å². The number of aryl methyl sites for hydroxylation is 1. The van der Waals surface area contributed by atoms with Crippen LogP contribution in [0.4, 0.5) is 4.39 Å². The first-order valence-electron chi connectivity index (χ1n) is 9.48. The number of aromatic nitrogens is 5. The summed E-state index contributed by atoms with van der Waals surface area (Å²) < 4.78 is 16.7. The molecule has 1 saturated heterocycles. The SMILES string of the molecule is Cn1ccnc1-c1nnc2n(c1=O)CC[C@@]21CCN(Cc2ccc(F)cc2)C1. The van der Waals surface area contributed by atoms with Gasteiger partial charge in [0.15, 0.2) is 11.5 Å². The molecule has 144 valence electrons. The topological polar surface area (TPSA) is 68.8 Å². The molecule has 0 amide bonds. The first-order valence-corrected chi connectivity index (χ1v) is 9.48. The van der Waals surface area contributed by atoms with Crippen molar-refractivity contribution in [2.45, 2.75) is 31.3 Å². The van der Waals surface area contributed by atoms with Crippen molar-refractivity contribution < 1.29 is 4.39 Å². The van der Waals surface area contributed by atoms with Crippen LogP contribution in [0.2, 0.25) is 0 Å². The van der Waals surface area contributed by atoms with Crippen LogP contribution in [0.15, 0.2) is 41.5 Å². The van der Waals surface area contributed by atoms with Crippen LogP contribution in [-0.2, 0) is 25.6 Å². The summed E-state index contributed by atoms with van der Waals surface area (Å²) in [7, 11) is 1.84. The predicted octanol–water partition coefficient (Wildman–Crippen LogP) is 1.73. The number of rotatable bonds is 3. The molecular weight excluding hydrogens is 359 g/mol. The summed E-state index contributed by atoms with van der Waals surface area (Å²) in [5.74, 6) is 1.11. The fourth-order valence-corrected chi connectivity index (χ4v) is 4.52. The summed E-state index contributed by atoms with van der Waals surface area (Å²) in [5.41, 5.74) is 1.14. The molecule has 0 saturated carbocycles. The Morgan fingerprint density at radius 3 is 2.68 bits per heavy atom. The Bertz CT molecular complexity index is 1090. The minimum atomic E-state index is -0.218. The van der Waals surface area contributed by atoms with Gasteiger partial charge in [-0.1, -0.05) is 12.1 Å². The lowest BCUT2D eigenvalue weighted by Crippen LogP contribution is -2.33. The number of fused-ring (bicyclic) bond motifs is 2. The molecule has 0 bridgehead atoms. The molecule has 1 atom stereocenters. The summed E-state index contributed by atoms with van der Waals surface area (Å²) >= 11 is 0. The normalized spacial score (nSPS) is 21.5. The van der Waals surface area contributed by atoms with Gasteiger partial charge in [0.25, 0.3) is 5.56 Å². The largest absolute Gasteiger partial charge is 0.333 e. The van der Waals surface area contributed by atoms with Gasteiger partial charge in [-0.3, -0.25) is 14.3 Å². The van der Waals surface area contributed by atoms with E-state index in [9.17, 15) is 9.18 Å². The van der Waals surface area contributed by atoms with Gasteiger partial charge in [0.2, 0.25) is 0 Å². The van der Waals surface area contributed by atoms with E-state index in [0.29, 0.717) is 18.1 Å². The maximum Gasteiger partial charge on any atom is 0.283 e. The molecule has 0 aliphatic carbocycles. The monoisotopic (exact) mass is 380 g/mol. The zero-order chi connectivity index (χ0) is 19.3. The van der Waals surface area contributed by atoms with Gasteiger partial charge in [-0.25, -0.2) is 9.37 Å². The van der Waals surface area contributed by atoms with E-state index in [4.69, 9.17) is 0 Å². The second kappa shape index (κ2) is 6.34. The second-order valence-electron chi connectivity index (χ2n) is 7.81. The second-order valence-corrected chi connectivity index (χ2v) is 7.81. The maximum absolute atomic E-state index is 13.1. The van der Waals surface area contributed by atoms with Gasteiger partial charge in [0.05, 0.1) is 0 Å². The molecule has 1 aromatic carbocycles. The third kappa shape index (κ3) is 2.67. The summed E-state index contributed by atoms with van der Waals surface area (Å²) in [6.07, 6.45) is 5.28. The minimum Gasteiger partial charge on any atom is -0.333 e. The fraction of sp³-hybridized carbons (Fsp3) is 0.400. The van der Waals surface area contributed by atoms with Crippen LogP contribution in [0.3, 0.4) is 0 Å². The van der Waals surface area contributed by atoms with E-state index in [2.05, 4.69) is 20.1 Å². The zero-order valence-electron chi connectivity index (χ0n) is 15.7. The molecule has 4 heterocycles. The quantitative estimate of drug-likeness (QED) is 0.692. The van der Waals surface area contributed by atoms with Crippen molar-refractivity contribution in [3.05, 3.63) is 64.2 Å². The van der Waals surface area contributed by atoms with Crippen LogP contribution in [-0.4, -0.2) is 42.3 Å². The maximum atomic E-state index is 13.1. The van der Waals surface area contributed by atoms with Crippen molar-refractivity contribution in [1.82, 2.24) is 29.2 Å². The van der Waals surface area contributed by atoms with E-state index >= 15 is 0 Å². The van der Waals surface area contributed by atoms with Crippen LogP contribution >= 0.6 is 0 Å². The number of hydrogen-bond acceptors (Lipinski definition) is 5. The van der Waals surface area contributed by atoms with Crippen molar-refractivity contribution in [3.8, 4) is 11.5 Å². The Hall–Kier alpha value is -2.87. The van der Waals surface area contributed by atoms with Gasteiger partial charge in [-0.2, -0.15) is 0 Å². The van der Waals surface area contributed by atoms with E-state index in [1.54, 1.807) is 21.5 Å². The number of hydrogen-bond donors (Lipinski definition) is 0. The minimum absolute atomic E-state index is 0.117. The molecular formula is C20H21FN6O. The van der Waals surface area contributed by atoms with Crippen LogP contribution in [0, 0.1) is 5.82 Å². The summed E-state index contributed by atoms with van der Waals surface area (Å²) in [4.78, 5) is 19.6. The summed E-state index contributed by atoms with van der Waals surface area (Å²) in [6.45, 7) is 3.19. The van der Waals surface area contributed by atoms with Crippen LogP contribution in [0.1, 0.15) is 24.2 Å². The smallest absolute Gasteiger partial charge is 0.283 e. The zero-order valence-corrected chi connectivity index (χ0v) is 15.7. The first-order chi connectivity index (χ1) is 13.6. The Kier molecular flexibility index (Phi) is 3.90. The molecule has 2 aliphatic rings. The molecule has 3 aromatic rings. The molecule has 0 unspecified atom stereocenters. The molecule has 1 spiro atoms. The number of likely N-dealkylation sites (tertiary alicyclic amines) is 1. The Morgan fingerprint density at radius 1 is 1.14 bits per heavy atom. The number of benzene rings is 1. The van der Waals surface area contributed by atoms with Crippen molar-refractivity contribution >= 4 is 0 Å². The van der Waals surface area contributed by atoms with Gasteiger partial charge in [0.1, 0.15) is 11.6 Å². The lowest BCUT2D eigenvalue weighted by Gasteiger charge is -2.23. The average molecular weight is 380 g/mol. The lowest BCUT2D eigenvalue weighted by atomic mass is 9.85. The fourth-order valence-electron chi connectivity index (χ4n) is 4.52. The van der Waals surface area contributed by atoms with E-state index in [1.807, 2.05) is 19.2 Å². The highest BCUT2D eigenvalue weighted by Crippen LogP contribution is 2.41. The summed E-state index contributed by atoms with van der Waals surface area (Å²) in [5, 5.41) is 8.75. The van der Waals surface area contributed by atoms with E-state index in [1.165, 1.54) is 12.1 Å². The number of halogens is 1. The average Bonchev–Trinajstić information content (AvgIpc) is 3.39. The van der Waals surface area contributed by atoms with Crippen LogP contribution in [0.5, 0.6) is 0 Å².